The number of morpholine rings is 1. The average molecular weight is 433 g/mol. The van der Waals surface area contributed by atoms with Crippen LogP contribution in [0.2, 0.25) is 0 Å². The van der Waals surface area contributed by atoms with Crippen molar-refractivity contribution in [1.82, 2.24) is 19.4 Å². The standard InChI is InChI=1S/C21H28N4O4S/c1-24-20-4-2-3-19(18(20)15-22-24)23-21(26)10-7-16-5-8-17(9-6-16)30(27,28)25-11-13-29-14-12-25/h5-6,8-9,15,19H,2-4,7,10-14H2,1H3,(H,23,26). The molecule has 1 aromatic carbocycles. The molecular formula is C21H28N4O4S. The van der Waals surface area contributed by atoms with Gasteiger partial charge in [-0.1, -0.05) is 12.1 Å². The van der Waals surface area contributed by atoms with Gasteiger partial charge >= 0.3 is 0 Å². The summed E-state index contributed by atoms with van der Waals surface area (Å²) in [7, 11) is -1.55. The monoisotopic (exact) mass is 432 g/mol. The van der Waals surface area contributed by atoms with E-state index >= 15 is 0 Å². The van der Waals surface area contributed by atoms with Gasteiger partial charge in [-0.15, -0.1) is 0 Å². The number of carbonyl (C=O) groups excluding carboxylic acids is 1. The van der Waals surface area contributed by atoms with Crippen molar-refractivity contribution in [2.75, 3.05) is 26.3 Å². The highest BCUT2D eigenvalue weighted by Crippen LogP contribution is 2.29. The molecule has 2 aromatic rings. The van der Waals surface area contributed by atoms with Gasteiger partial charge < -0.3 is 10.1 Å². The second kappa shape index (κ2) is 8.87. The number of sulfonamides is 1. The summed E-state index contributed by atoms with van der Waals surface area (Å²) in [5.74, 6) is 0.00159. The van der Waals surface area contributed by atoms with Gasteiger partial charge in [0.2, 0.25) is 15.9 Å². The molecule has 1 unspecified atom stereocenters. The Morgan fingerprint density at radius 2 is 1.97 bits per heavy atom. The maximum Gasteiger partial charge on any atom is 0.243 e. The van der Waals surface area contributed by atoms with E-state index in [0.29, 0.717) is 39.1 Å². The summed E-state index contributed by atoms with van der Waals surface area (Å²) in [4.78, 5) is 12.8. The molecule has 162 valence electrons. The molecule has 8 nitrogen and oxygen atoms in total. The molecule has 0 spiro atoms. The SMILES string of the molecule is Cn1ncc2c1CCCC2NC(=O)CCc1ccc(S(=O)(=O)N2CCOCC2)cc1. The molecule has 0 saturated carbocycles. The van der Waals surface area contributed by atoms with E-state index in [1.165, 1.54) is 10.00 Å². The number of amides is 1. The zero-order chi connectivity index (χ0) is 21.1. The number of nitrogens with zero attached hydrogens (tertiary/aromatic N) is 3. The summed E-state index contributed by atoms with van der Waals surface area (Å²) in [5.41, 5.74) is 3.26. The van der Waals surface area contributed by atoms with Gasteiger partial charge in [-0.05, 0) is 43.4 Å². The first-order chi connectivity index (χ1) is 14.4. The lowest BCUT2D eigenvalue weighted by molar-refractivity contribution is -0.121. The Morgan fingerprint density at radius 1 is 1.23 bits per heavy atom. The molecule has 1 amide bonds. The van der Waals surface area contributed by atoms with Gasteiger partial charge in [0, 0.05) is 37.8 Å². The summed E-state index contributed by atoms with van der Waals surface area (Å²) >= 11 is 0. The predicted molar refractivity (Wildman–Crippen MR) is 111 cm³/mol. The van der Waals surface area contributed by atoms with E-state index in [2.05, 4.69) is 10.4 Å². The second-order valence-electron chi connectivity index (χ2n) is 7.84. The van der Waals surface area contributed by atoms with Crippen molar-refractivity contribution >= 4 is 15.9 Å². The van der Waals surface area contributed by atoms with Crippen LogP contribution in [0.5, 0.6) is 0 Å². The van der Waals surface area contributed by atoms with Crippen LogP contribution in [-0.2, 0) is 39.4 Å². The maximum absolute atomic E-state index is 12.7. The van der Waals surface area contributed by atoms with Gasteiger partial charge in [0.15, 0.2) is 0 Å². The zero-order valence-electron chi connectivity index (χ0n) is 17.2. The van der Waals surface area contributed by atoms with Crippen LogP contribution in [0.3, 0.4) is 0 Å². The first-order valence-corrected chi connectivity index (χ1v) is 11.9. The number of ether oxygens (including phenoxy) is 1. The van der Waals surface area contributed by atoms with Crippen LogP contribution in [0.15, 0.2) is 35.4 Å². The molecular weight excluding hydrogens is 404 g/mol. The van der Waals surface area contributed by atoms with Crippen LogP contribution in [0.1, 0.15) is 42.1 Å². The Hall–Kier alpha value is -2.23. The topological polar surface area (TPSA) is 93.5 Å². The molecule has 1 aliphatic carbocycles. The minimum Gasteiger partial charge on any atom is -0.379 e. The highest BCUT2D eigenvalue weighted by Gasteiger charge is 2.26. The van der Waals surface area contributed by atoms with E-state index in [9.17, 15) is 13.2 Å². The van der Waals surface area contributed by atoms with Crippen molar-refractivity contribution in [3.8, 4) is 0 Å². The van der Waals surface area contributed by atoms with Crippen LogP contribution >= 0.6 is 0 Å². The molecule has 0 radical (unpaired) electrons. The Labute approximate surface area is 177 Å². The fourth-order valence-electron chi connectivity index (χ4n) is 4.14. The molecule has 1 aliphatic heterocycles. The summed E-state index contributed by atoms with van der Waals surface area (Å²) < 4.78 is 33.9. The molecule has 0 bridgehead atoms. The van der Waals surface area contributed by atoms with Crippen LogP contribution < -0.4 is 5.32 Å². The predicted octanol–water partition coefficient (Wildman–Crippen LogP) is 1.57. The summed E-state index contributed by atoms with van der Waals surface area (Å²) in [6.45, 7) is 1.61. The molecule has 2 aliphatic rings. The van der Waals surface area contributed by atoms with Crippen LogP contribution in [0, 0.1) is 0 Å². The van der Waals surface area contributed by atoms with E-state index < -0.39 is 10.0 Å². The highest BCUT2D eigenvalue weighted by molar-refractivity contribution is 7.89. The second-order valence-corrected chi connectivity index (χ2v) is 9.78. The molecule has 1 saturated heterocycles. The lowest BCUT2D eigenvalue weighted by Gasteiger charge is -2.26. The zero-order valence-corrected chi connectivity index (χ0v) is 18.0. The lowest BCUT2D eigenvalue weighted by atomic mass is 9.93. The van der Waals surface area contributed by atoms with Crippen LogP contribution in [0.4, 0.5) is 0 Å². The van der Waals surface area contributed by atoms with Gasteiger partial charge in [-0.25, -0.2) is 8.42 Å². The third-order valence-electron chi connectivity index (χ3n) is 5.88. The number of nitrogens with one attached hydrogen (secondary N) is 1. The van der Waals surface area contributed by atoms with E-state index in [0.717, 1.165) is 30.4 Å². The average Bonchev–Trinajstić information content (AvgIpc) is 3.15. The first kappa shape index (κ1) is 21.0. The Morgan fingerprint density at radius 3 is 2.70 bits per heavy atom. The minimum atomic E-state index is -3.49. The summed E-state index contributed by atoms with van der Waals surface area (Å²) in [6, 6.07) is 6.86. The summed E-state index contributed by atoms with van der Waals surface area (Å²) in [6.07, 6.45) is 5.75. The fraction of sp³-hybridized carbons (Fsp3) is 0.524. The third-order valence-corrected chi connectivity index (χ3v) is 7.80. The number of carbonyl (C=O) groups is 1. The minimum absolute atomic E-state index is 0.00159. The van der Waals surface area contributed by atoms with Crippen molar-refractivity contribution in [3.05, 3.63) is 47.3 Å². The molecule has 30 heavy (non-hydrogen) atoms. The lowest BCUT2D eigenvalue weighted by Crippen LogP contribution is -2.40. The van der Waals surface area contributed by atoms with E-state index in [1.54, 1.807) is 24.3 Å². The number of hydrogen-bond acceptors (Lipinski definition) is 5. The smallest absolute Gasteiger partial charge is 0.243 e. The number of hydrogen-bond donors (Lipinski definition) is 1. The fourth-order valence-corrected chi connectivity index (χ4v) is 5.55. The highest BCUT2D eigenvalue weighted by atomic mass is 32.2. The number of fused-ring (bicyclic) bond motifs is 1. The van der Waals surface area contributed by atoms with Gasteiger partial charge in [-0.3, -0.25) is 9.48 Å². The normalized spacial score (nSPS) is 20.0. The quantitative estimate of drug-likeness (QED) is 0.748. The Balaban J connectivity index is 1.33. The van der Waals surface area contributed by atoms with Gasteiger partial charge in [-0.2, -0.15) is 9.40 Å². The van der Waals surface area contributed by atoms with Crippen molar-refractivity contribution in [2.45, 2.75) is 43.0 Å². The molecule has 1 aromatic heterocycles. The van der Waals surface area contributed by atoms with Gasteiger partial charge in [0.1, 0.15) is 0 Å². The van der Waals surface area contributed by atoms with E-state index in [4.69, 9.17) is 4.74 Å². The number of rotatable bonds is 6. The molecule has 1 fully saturated rings. The van der Waals surface area contributed by atoms with E-state index in [1.807, 2.05) is 17.9 Å². The third kappa shape index (κ3) is 4.43. The van der Waals surface area contributed by atoms with Crippen molar-refractivity contribution < 1.29 is 17.9 Å². The van der Waals surface area contributed by atoms with Gasteiger partial charge in [0.05, 0.1) is 30.3 Å². The molecule has 2 heterocycles. The Bertz CT molecular complexity index is 995. The molecule has 1 N–H and O–H groups in total. The van der Waals surface area contributed by atoms with Crippen molar-refractivity contribution in [1.29, 1.82) is 0 Å². The molecule has 1 atom stereocenters. The summed E-state index contributed by atoms with van der Waals surface area (Å²) in [5, 5.41) is 7.45. The number of aromatic nitrogens is 2. The number of aryl methyl sites for hydroxylation is 2. The maximum atomic E-state index is 12.7. The molecule has 9 heteroatoms. The van der Waals surface area contributed by atoms with Crippen LogP contribution in [-0.4, -0.2) is 54.7 Å². The van der Waals surface area contributed by atoms with Crippen LogP contribution in [0.25, 0.3) is 0 Å². The van der Waals surface area contributed by atoms with Gasteiger partial charge in [0.25, 0.3) is 0 Å². The first-order valence-electron chi connectivity index (χ1n) is 10.4. The Kier molecular flexibility index (Phi) is 6.21. The van der Waals surface area contributed by atoms with E-state index in [-0.39, 0.29) is 16.8 Å². The number of benzene rings is 1. The van der Waals surface area contributed by atoms with Crippen molar-refractivity contribution in [2.24, 2.45) is 7.05 Å². The largest absolute Gasteiger partial charge is 0.379 e. The molecule has 4 rings (SSSR count). The van der Waals surface area contributed by atoms with Crippen molar-refractivity contribution in [3.63, 3.8) is 0 Å².